The first-order valence-corrected chi connectivity index (χ1v) is 44.6. The van der Waals surface area contributed by atoms with Crippen LogP contribution >= 0.6 is 0 Å². The molecule has 7 aromatic heterocycles. The van der Waals surface area contributed by atoms with Gasteiger partial charge in [0.15, 0.2) is 5.82 Å². The molecule has 0 aliphatic carbocycles. The standard InChI is InChI=1S/C122H76N8/c1-6-28-77(29-7-1)93-38-16-17-43-98(93)121-99-44-18-23-45-108(99)123-122(124-121)86-66-91(129-117-62-54-82(78-50-58-113-100(68-78)94-39-19-24-46-109(94)125(113)87-30-8-2-9-31-87)72-104(117)105-73-83(55-63-118(105)129)79-51-59-114-101(69-79)95-40-20-25-47-110(95)126(114)88-32-10-3-11-33-88)76-92(67-86)130-119-64-56-84(80-52-60-115-102(70-80)96-41-21-26-48-111(96)127(115)89-34-12-4-13-35-89)74-106(119)107-75-85(57-65-120(107)130)81-53-61-116-103(71-81)97-42-22-27-49-112(97)128(116)90-36-14-5-15-37-90/h1-76H. The third-order valence-electron chi connectivity index (χ3n) is 27.2. The van der Waals surface area contributed by atoms with E-state index in [4.69, 9.17) is 9.97 Å². The van der Waals surface area contributed by atoms with Gasteiger partial charge in [0, 0.05) is 115 Å². The van der Waals surface area contributed by atoms with E-state index < -0.39 is 0 Å². The topological polar surface area (TPSA) is 55.4 Å². The molecule has 8 heteroatoms. The predicted octanol–water partition coefficient (Wildman–Crippen LogP) is 31.9. The molecule has 27 aromatic rings. The lowest BCUT2D eigenvalue weighted by Gasteiger charge is -2.17. The summed E-state index contributed by atoms with van der Waals surface area (Å²) in [6.07, 6.45) is 0. The van der Waals surface area contributed by atoms with Crippen LogP contribution in [0.1, 0.15) is 0 Å². The van der Waals surface area contributed by atoms with Crippen molar-refractivity contribution in [2.45, 2.75) is 0 Å². The molecule has 0 aliphatic heterocycles. The number of hydrogen-bond donors (Lipinski definition) is 0. The molecular formula is C122H76N8. The Kier molecular flexibility index (Phi) is 16.3. The van der Waals surface area contributed by atoms with Gasteiger partial charge >= 0.3 is 0 Å². The molecule has 0 aliphatic rings. The van der Waals surface area contributed by atoms with E-state index in [0.29, 0.717) is 5.82 Å². The zero-order valence-electron chi connectivity index (χ0n) is 70.5. The Bertz CT molecular complexity index is 8470. The van der Waals surface area contributed by atoms with Crippen LogP contribution in [0.3, 0.4) is 0 Å². The molecule has 0 spiro atoms. The lowest BCUT2D eigenvalue weighted by molar-refractivity contribution is 1.13. The Balaban J connectivity index is 0.713. The molecule has 130 heavy (non-hydrogen) atoms. The van der Waals surface area contributed by atoms with Crippen LogP contribution in [-0.2, 0) is 0 Å². The molecule has 0 saturated heterocycles. The van der Waals surface area contributed by atoms with Crippen LogP contribution in [0.2, 0.25) is 0 Å². The number of fused-ring (bicyclic) bond motifs is 19. The fourth-order valence-electron chi connectivity index (χ4n) is 21.3. The third-order valence-corrected chi connectivity index (χ3v) is 27.2. The van der Waals surface area contributed by atoms with Crippen LogP contribution in [0.4, 0.5) is 0 Å². The largest absolute Gasteiger partial charge is 0.309 e. The van der Waals surface area contributed by atoms with Crippen molar-refractivity contribution in [1.82, 2.24) is 37.4 Å². The zero-order chi connectivity index (χ0) is 85.2. The van der Waals surface area contributed by atoms with E-state index in [1.807, 2.05) is 0 Å². The fourth-order valence-corrected chi connectivity index (χ4v) is 21.3. The van der Waals surface area contributed by atoms with Gasteiger partial charge in [-0.1, -0.05) is 267 Å². The molecule has 0 saturated carbocycles. The minimum atomic E-state index is 0.608. The monoisotopic (exact) mass is 1650 g/mol. The molecule has 27 rings (SSSR count). The maximum atomic E-state index is 5.90. The summed E-state index contributed by atoms with van der Waals surface area (Å²) >= 11 is 0. The lowest BCUT2D eigenvalue weighted by Crippen LogP contribution is -2.02. The summed E-state index contributed by atoms with van der Waals surface area (Å²) in [5.41, 5.74) is 34.8. The summed E-state index contributed by atoms with van der Waals surface area (Å²) in [6, 6.07) is 170. The van der Waals surface area contributed by atoms with E-state index in [1.54, 1.807) is 0 Å². The van der Waals surface area contributed by atoms with E-state index in [1.165, 1.54) is 65.2 Å². The number of nitrogens with zero attached hydrogens (tertiary/aromatic N) is 8. The molecule has 0 N–H and O–H groups in total. The van der Waals surface area contributed by atoms with Gasteiger partial charge in [-0.25, -0.2) is 9.97 Å². The minimum absolute atomic E-state index is 0.608. The molecule has 0 bridgehead atoms. The fraction of sp³-hybridized carbons (Fsp3) is 0. The van der Waals surface area contributed by atoms with Crippen LogP contribution < -0.4 is 0 Å². The summed E-state index contributed by atoms with van der Waals surface area (Å²) in [4.78, 5) is 11.6. The van der Waals surface area contributed by atoms with Crippen molar-refractivity contribution < 1.29 is 0 Å². The number of hydrogen-bond acceptors (Lipinski definition) is 2. The first-order chi connectivity index (χ1) is 64.5. The first kappa shape index (κ1) is 72.9. The van der Waals surface area contributed by atoms with Gasteiger partial charge < -0.3 is 27.4 Å². The predicted molar refractivity (Wildman–Crippen MR) is 544 cm³/mol. The Labute approximate surface area is 747 Å². The quantitative estimate of drug-likeness (QED) is 0.116. The Morgan fingerprint density at radius 3 is 0.669 bits per heavy atom. The molecule has 0 fully saturated rings. The maximum Gasteiger partial charge on any atom is 0.160 e. The van der Waals surface area contributed by atoms with Gasteiger partial charge in [0.05, 0.1) is 77.4 Å². The molecule has 0 unspecified atom stereocenters. The highest BCUT2D eigenvalue weighted by Gasteiger charge is 2.26. The van der Waals surface area contributed by atoms with E-state index in [0.717, 1.165) is 183 Å². The van der Waals surface area contributed by atoms with Gasteiger partial charge in [-0.2, -0.15) is 0 Å². The van der Waals surface area contributed by atoms with Crippen LogP contribution in [0, 0.1) is 0 Å². The van der Waals surface area contributed by atoms with Gasteiger partial charge in [0.25, 0.3) is 0 Å². The number of para-hydroxylation sites is 9. The van der Waals surface area contributed by atoms with E-state index in [9.17, 15) is 0 Å². The van der Waals surface area contributed by atoms with Gasteiger partial charge in [-0.15, -0.1) is 0 Å². The van der Waals surface area contributed by atoms with Crippen LogP contribution in [0.15, 0.2) is 461 Å². The molecule has 20 aromatic carbocycles. The molecule has 8 nitrogen and oxygen atoms in total. The second-order valence-electron chi connectivity index (χ2n) is 34.3. The van der Waals surface area contributed by atoms with Crippen molar-refractivity contribution in [3.63, 3.8) is 0 Å². The van der Waals surface area contributed by atoms with Gasteiger partial charge in [0.1, 0.15) is 0 Å². The first-order valence-electron chi connectivity index (χ1n) is 44.6. The molecule has 0 amide bonds. The highest BCUT2D eigenvalue weighted by Crippen LogP contribution is 2.48. The van der Waals surface area contributed by atoms with Crippen molar-refractivity contribution in [2.24, 2.45) is 0 Å². The Morgan fingerprint density at radius 2 is 0.362 bits per heavy atom. The average Bonchev–Trinajstić information content (AvgIpc) is 1.55. The van der Waals surface area contributed by atoms with Crippen molar-refractivity contribution in [2.75, 3.05) is 0 Å². The van der Waals surface area contributed by atoms with E-state index in [-0.39, 0.29) is 0 Å². The Hall–Kier alpha value is -17.5. The van der Waals surface area contributed by atoms with E-state index >= 15 is 0 Å². The molecule has 0 atom stereocenters. The van der Waals surface area contributed by atoms with Crippen molar-refractivity contribution in [3.8, 4) is 112 Å². The second-order valence-corrected chi connectivity index (χ2v) is 34.3. The average molecular weight is 1650 g/mol. The molecule has 7 heterocycles. The van der Waals surface area contributed by atoms with Gasteiger partial charge in [-0.3, -0.25) is 0 Å². The smallest absolute Gasteiger partial charge is 0.160 e. The summed E-state index contributed by atoms with van der Waals surface area (Å²) in [5, 5.41) is 15.1. The summed E-state index contributed by atoms with van der Waals surface area (Å²) in [6.45, 7) is 0. The second kappa shape index (κ2) is 29.1. The summed E-state index contributed by atoms with van der Waals surface area (Å²) < 4.78 is 14.6. The van der Waals surface area contributed by atoms with Crippen LogP contribution in [-0.4, -0.2) is 37.4 Å². The van der Waals surface area contributed by atoms with Crippen molar-refractivity contribution in [1.29, 1.82) is 0 Å². The molecular weight excluding hydrogens is 1580 g/mol. The third kappa shape index (κ3) is 11.4. The van der Waals surface area contributed by atoms with Crippen molar-refractivity contribution in [3.05, 3.63) is 461 Å². The number of rotatable bonds is 13. The van der Waals surface area contributed by atoms with Crippen molar-refractivity contribution >= 4 is 142 Å². The van der Waals surface area contributed by atoms with Crippen LogP contribution in [0.25, 0.3) is 254 Å². The SMILES string of the molecule is c1ccc(-c2ccccc2-c2nc(-c3cc(-n4c5ccc(-c6ccc7c(c6)c6ccccc6n7-c6ccccc6)cc5c5cc(-c6ccc7c(c6)c6ccccc6n7-c6ccccc6)ccc54)cc(-n4c5ccc(-c6ccc7c(c6)c6ccccc6n7-c6ccccc6)cc5c5cc(-c6ccc7c(c6)c6ccccc6n7-c6ccccc6)ccc54)c3)nc3ccccc23)cc1. The van der Waals surface area contributed by atoms with Gasteiger partial charge in [-0.05, 0) is 250 Å². The number of aromatic nitrogens is 8. The summed E-state index contributed by atoms with van der Waals surface area (Å²) in [5.74, 6) is 0.608. The lowest BCUT2D eigenvalue weighted by atomic mass is 9.95. The van der Waals surface area contributed by atoms with Crippen LogP contribution in [0.5, 0.6) is 0 Å². The highest BCUT2D eigenvalue weighted by molar-refractivity contribution is 6.18. The van der Waals surface area contributed by atoms with Gasteiger partial charge in [0.2, 0.25) is 0 Å². The minimum Gasteiger partial charge on any atom is -0.309 e. The normalized spacial score (nSPS) is 12.0. The highest BCUT2D eigenvalue weighted by atomic mass is 15.0. The Morgan fingerprint density at radius 1 is 0.131 bits per heavy atom. The van der Waals surface area contributed by atoms with E-state index in [2.05, 4.69) is 488 Å². The number of benzene rings is 20. The molecule has 0 radical (unpaired) electrons. The summed E-state index contributed by atoms with van der Waals surface area (Å²) in [7, 11) is 0. The maximum absolute atomic E-state index is 5.90. The molecule has 604 valence electrons. The zero-order valence-corrected chi connectivity index (χ0v) is 70.5.